The number of nitro groups is 1. The van der Waals surface area contributed by atoms with Crippen LogP contribution >= 0.6 is 0 Å². The number of anilines is 1. The van der Waals surface area contributed by atoms with Crippen molar-refractivity contribution in [2.75, 3.05) is 24.5 Å². The highest BCUT2D eigenvalue weighted by atomic mass is 32.2. The minimum atomic E-state index is -3.74. The summed E-state index contributed by atoms with van der Waals surface area (Å²) in [7, 11) is -3.74. The first-order chi connectivity index (χ1) is 14.9. The maximum absolute atomic E-state index is 13.1. The van der Waals surface area contributed by atoms with Crippen molar-refractivity contribution in [3.63, 3.8) is 0 Å². The Morgan fingerprint density at radius 1 is 1.13 bits per heavy atom. The number of sulfonamides is 1. The van der Waals surface area contributed by atoms with Crippen LogP contribution in [-0.4, -0.2) is 52.9 Å². The Kier molecular flexibility index (Phi) is 6.29. The van der Waals surface area contributed by atoms with E-state index in [2.05, 4.69) is 4.98 Å². The lowest BCUT2D eigenvalue weighted by Gasteiger charge is -2.27. The lowest BCUT2D eigenvalue weighted by Crippen LogP contribution is -2.34. The number of nitrogens with zero attached hydrogens (tertiary/aromatic N) is 5. The molecule has 4 rings (SSSR count). The molecule has 2 aliphatic heterocycles. The third-order valence-electron chi connectivity index (χ3n) is 6.36. The molecule has 0 bridgehead atoms. The largest absolute Gasteiger partial charge is 0.361 e. The Morgan fingerprint density at radius 2 is 1.87 bits per heavy atom. The summed E-state index contributed by atoms with van der Waals surface area (Å²) in [6.45, 7) is 4.27. The van der Waals surface area contributed by atoms with Gasteiger partial charge < -0.3 is 9.47 Å². The van der Waals surface area contributed by atoms with Crippen molar-refractivity contribution in [2.24, 2.45) is 0 Å². The number of aryl methyl sites for hydroxylation is 1. The molecule has 0 aliphatic carbocycles. The Hall–Kier alpha value is -2.46. The standard InChI is InChI=1S/C21H29N5O4S/c1-17-22-10-14-23(17)16-18-7-6-13-25(18)20-9-8-19(15-21(20)26(27)28)31(29,30)24-11-4-2-3-5-12-24/h8-10,14-15,18H,2-7,11-13,16H2,1H3/t18-/m0/s1. The smallest absolute Gasteiger partial charge is 0.293 e. The second-order valence-electron chi connectivity index (χ2n) is 8.34. The zero-order valence-electron chi connectivity index (χ0n) is 17.8. The fraction of sp³-hybridized carbons (Fsp3) is 0.571. The number of aromatic nitrogens is 2. The molecular formula is C21H29N5O4S. The SMILES string of the molecule is Cc1nccn1C[C@@H]1CCCN1c1ccc(S(=O)(=O)N2CCCCCC2)cc1[N+](=O)[O-]. The van der Waals surface area contributed by atoms with Gasteiger partial charge in [-0.05, 0) is 44.7 Å². The van der Waals surface area contributed by atoms with Gasteiger partial charge in [0.1, 0.15) is 11.5 Å². The van der Waals surface area contributed by atoms with Crippen molar-refractivity contribution >= 4 is 21.4 Å². The predicted octanol–water partition coefficient (Wildman–Crippen LogP) is 3.33. The van der Waals surface area contributed by atoms with Crippen LogP contribution in [0.1, 0.15) is 44.3 Å². The second-order valence-corrected chi connectivity index (χ2v) is 10.3. The van der Waals surface area contributed by atoms with E-state index < -0.39 is 14.9 Å². The van der Waals surface area contributed by atoms with Crippen LogP contribution in [0.25, 0.3) is 0 Å². The number of rotatable bonds is 6. The van der Waals surface area contributed by atoms with Crippen LogP contribution in [-0.2, 0) is 16.6 Å². The summed E-state index contributed by atoms with van der Waals surface area (Å²) in [5, 5.41) is 11.9. The molecule has 0 unspecified atom stereocenters. The number of imidazole rings is 1. The summed E-state index contributed by atoms with van der Waals surface area (Å²) in [5.41, 5.74) is 0.338. The molecular weight excluding hydrogens is 418 g/mol. The molecule has 9 nitrogen and oxygen atoms in total. The quantitative estimate of drug-likeness (QED) is 0.497. The van der Waals surface area contributed by atoms with Gasteiger partial charge in [-0.15, -0.1) is 0 Å². The minimum Gasteiger partial charge on any atom is -0.361 e. The van der Waals surface area contributed by atoms with E-state index in [0.29, 0.717) is 31.9 Å². The Bertz CT molecular complexity index is 1040. The van der Waals surface area contributed by atoms with Crippen molar-refractivity contribution < 1.29 is 13.3 Å². The molecule has 0 spiro atoms. The van der Waals surface area contributed by atoms with Crippen LogP contribution in [0.3, 0.4) is 0 Å². The third kappa shape index (κ3) is 4.45. The first-order valence-corrected chi connectivity index (χ1v) is 12.3. The van der Waals surface area contributed by atoms with Gasteiger partial charge in [-0.3, -0.25) is 10.1 Å². The monoisotopic (exact) mass is 447 g/mol. The molecule has 0 N–H and O–H groups in total. The van der Waals surface area contributed by atoms with Gasteiger partial charge in [-0.1, -0.05) is 12.8 Å². The summed E-state index contributed by atoms with van der Waals surface area (Å²) in [4.78, 5) is 17.8. The topological polar surface area (TPSA) is 102 Å². The highest BCUT2D eigenvalue weighted by Crippen LogP contribution is 2.36. The van der Waals surface area contributed by atoms with Crippen molar-refractivity contribution in [1.29, 1.82) is 0 Å². The van der Waals surface area contributed by atoms with Gasteiger partial charge in [0, 0.05) is 50.7 Å². The van der Waals surface area contributed by atoms with Crippen LogP contribution in [0, 0.1) is 17.0 Å². The zero-order valence-corrected chi connectivity index (χ0v) is 18.6. The lowest BCUT2D eigenvalue weighted by molar-refractivity contribution is -0.384. The molecule has 1 atom stereocenters. The average Bonchev–Trinajstić information content (AvgIpc) is 3.26. The molecule has 31 heavy (non-hydrogen) atoms. The fourth-order valence-corrected chi connectivity index (χ4v) is 6.19. The van der Waals surface area contributed by atoms with E-state index in [1.165, 1.54) is 16.4 Å². The summed E-state index contributed by atoms with van der Waals surface area (Å²) >= 11 is 0. The molecule has 1 aromatic heterocycles. The molecule has 1 aromatic carbocycles. The normalized spacial score (nSPS) is 20.7. The maximum Gasteiger partial charge on any atom is 0.293 e. The number of hydrogen-bond donors (Lipinski definition) is 0. The zero-order chi connectivity index (χ0) is 22.0. The van der Waals surface area contributed by atoms with E-state index in [0.717, 1.165) is 44.3 Å². The van der Waals surface area contributed by atoms with Crippen LogP contribution < -0.4 is 4.90 Å². The summed E-state index contributed by atoms with van der Waals surface area (Å²) < 4.78 is 29.8. The second kappa shape index (κ2) is 8.96. The van der Waals surface area contributed by atoms with Crippen molar-refractivity contribution in [3.8, 4) is 0 Å². The van der Waals surface area contributed by atoms with Gasteiger partial charge in [-0.2, -0.15) is 4.31 Å². The highest BCUT2D eigenvalue weighted by Gasteiger charge is 2.33. The molecule has 10 heteroatoms. The maximum atomic E-state index is 13.1. The average molecular weight is 448 g/mol. The van der Waals surface area contributed by atoms with E-state index >= 15 is 0 Å². The Balaban J connectivity index is 1.64. The van der Waals surface area contributed by atoms with E-state index in [1.807, 2.05) is 22.6 Å². The van der Waals surface area contributed by atoms with Gasteiger partial charge >= 0.3 is 0 Å². The van der Waals surface area contributed by atoms with Gasteiger partial charge in [-0.25, -0.2) is 13.4 Å². The molecule has 2 aliphatic rings. The van der Waals surface area contributed by atoms with E-state index in [4.69, 9.17) is 0 Å². The van der Waals surface area contributed by atoms with E-state index in [9.17, 15) is 18.5 Å². The molecule has 3 heterocycles. The number of hydrogen-bond acceptors (Lipinski definition) is 6. The van der Waals surface area contributed by atoms with Gasteiger partial charge in [0.25, 0.3) is 5.69 Å². The van der Waals surface area contributed by atoms with Crippen LogP contribution in [0.4, 0.5) is 11.4 Å². The Labute approximate surface area is 182 Å². The Morgan fingerprint density at radius 3 is 2.52 bits per heavy atom. The van der Waals surface area contributed by atoms with Crippen molar-refractivity contribution in [2.45, 2.75) is 62.9 Å². The number of benzene rings is 1. The first kappa shape index (κ1) is 21.8. The summed E-state index contributed by atoms with van der Waals surface area (Å²) in [6.07, 6.45) is 9.18. The van der Waals surface area contributed by atoms with Gasteiger partial charge in [0.05, 0.1) is 9.82 Å². The first-order valence-electron chi connectivity index (χ1n) is 10.9. The minimum absolute atomic E-state index is 0.00560. The van der Waals surface area contributed by atoms with Crippen molar-refractivity contribution in [1.82, 2.24) is 13.9 Å². The molecule has 0 saturated carbocycles. The van der Waals surface area contributed by atoms with Gasteiger partial charge in [0.2, 0.25) is 10.0 Å². The number of nitro benzene ring substituents is 1. The predicted molar refractivity (Wildman–Crippen MR) is 118 cm³/mol. The summed E-state index contributed by atoms with van der Waals surface area (Å²) in [5.74, 6) is 0.903. The molecule has 168 valence electrons. The van der Waals surface area contributed by atoms with Gasteiger partial charge in [0.15, 0.2) is 0 Å². The molecule has 2 aromatic rings. The molecule has 0 amide bonds. The van der Waals surface area contributed by atoms with E-state index in [-0.39, 0.29) is 16.6 Å². The summed E-state index contributed by atoms with van der Waals surface area (Å²) in [6, 6.07) is 4.48. The van der Waals surface area contributed by atoms with Crippen LogP contribution in [0.5, 0.6) is 0 Å². The van der Waals surface area contributed by atoms with Crippen molar-refractivity contribution in [3.05, 3.63) is 46.5 Å². The van der Waals surface area contributed by atoms with Crippen LogP contribution in [0.2, 0.25) is 0 Å². The van der Waals surface area contributed by atoms with Crippen LogP contribution in [0.15, 0.2) is 35.5 Å². The fourth-order valence-electron chi connectivity index (χ4n) is 4.65. The lowest BCUT2D eigenvalue weighted by atomic mass is 10.2. The molecule has 2 saturated heterocycles. The van der Waals surface area contributed by atoms with E-state index in [1.54, 1.807) is 12.3 Å². The molecule has 0 radical (unpaired) electrons. The molecule has 2 fully saturated rings. The highest BCUT2D eigenvalue weighted by molar-refractivity contribution is 7.89. The third-order valence-corrected chi connectivity index (χ3v) is 8.26.